The van der Waals surface area contributed by atoms with E-state index < -0.39 is 78.5 Å². The van der Waals surface area contributed by atoms with Crippen molar-refractivity contribution >= 4 is 0 Å². The number of hydrogen-bond donors (Lipinski definition) is 4. The molecule has 9 fully saturated rings. The van der Waals surface area contributed by atoms with Gasteiger partial charge in [-0.3, -0.25) is 0 Å². The van der Waals surface area contributed by atoms with Crippen LogP contribution >= 0.6 is 0 Å². The van der Waals surface area contributed by atoms with Gasteiger partial charge in [0.05, 0.1) is 123 Å². The van der Waals surface area contributed by atoms with Crippen LogP contribution in [0.2, 0.25) is 0 Å². The van der Waals surface area contributed by atoms with Crippen molar-refractivity contribution < 1.29 is 82.0 Å². The summed E-state index contributed by atoms with van der Waals surface area (Å²) in [5, 5.41) is 46.4. The molecule has 31 atom stereocenters. The van der Waals surface area contributed by atoms with E-state index in [9.17, 15) is 20.4 Å². The van der Waals surface area contributed by atoms with Gasteiger partial charge in [0.1, 0.15) is 48.3 Å². The van der Waals surface area contributed by atoms with Gasteiger partial charge in [-0.1, -0.05) is 76.3 Å². The van der Waals surface area contributed by atoms with Crippen molar-refractivity contribution in [2.24, 2.45) is 23.7 Å². The summed E-state index contributed by atoms with van der Waals surface area (Å²) in [7, 11) is 0. The Morgan fingerprint density at radius 3 is 1.89 bits per heavy atom. The molecule has 4 N–H and O–H groups in total. The summed E-state index contributed by atoms with van der Waals surface area (Å²) in [5.41, 5.74) is -1.02. The third kappa shape index (κ3) is 9.22. The molecule has 17 heteroatoms. The lowest BCUT2D eigenvalue weighted by Crippen LogP contribution is -2.63. The zero-order valence-corrected chi connectivity index (χ0v) is 43.7. The van der Waals surface area contributed by atoms with Crippen LogP contribution in [0, 0.1) is 23.7 Å². The number of aliphatic hydroxyl groups is 4. The zero-order chi connectivity index (χ0) is 50.8. The van der Waals surface area contributed by atoms with Crippen LogP contribution in [0.5, 0.6) is 0 Å². The third-order valence-corrected chi connectivity index (χ3v) is 20.1. The molecule has 0 bridgehead atoms. The van der Waals surface area contributed by atoms with E-state index in [1.165, 1.54) is 0 Å². The minimum absolute atomic E-state index is 0.0202. The second kappa shape index (κ2) is 20.4. The Labute approximate surface area is 435 Å². The number of hydrogen-bond acceptors (Lipinski definition) is 17. The summed E-state index contributed by atoms with van der Waals surface area (Å²) in [6.07, 6.45) is 12.1. The van der Waals surface area contributed by atoms with E-state index >= 15 is 0 Å². The lowest BCUT2D eigenvalue weighted by Gasteiger charge is -2.53. The summed E-state index contributed by atoms with van der Waals surface area (Å²) >= 11 is 0. The summed E-state index contributed by atoms with van der Waals surface area (Å²) < 4.78 is 88.7. The predicted molar refractivity (Wildman–Crippen MR) is 263 cm³/mol. The Morgan fingerprint density at radius 2 is 1.07 bits per heavy atom. The van der Waals surface area contributed by atoms with Crippen LogP contribution in [0.3, 0.4) is 0 Å². The van der Waals surface area contributed by atoms with Gasteiger partial charge < -0.3 is 82.0 Å². The van der Waals surface area contributed by atoms with Gasteiger partial charge in [-0.15, -0.1) is 0 Å². The fraction of sp³-hybridized carbons (Fsp3) is 0.860. The topological polar surface area (TPSA) is 201 Å². The van der Waals surface area contributed by atoms with Crippen LogP contribution in [-0.2, 0) is 61.6 Å². The number of aliphatic hydroxyl groups excluding tert-OH is 4. The molecule has 0 saturated carbocycles. The highest BCUT2D eigenvalue weighted by molar-refractivity contribution is 5.15. The molecule has 412 valence electrons. The van der Waals surface area contributed by atoms with Gasteiger partial charge in [0, 0.05) is 43.9 Å². The van der Waals surface area contributed by atoms with E-state index in [1.54, 1.807) is 0 Å². The fourth-order valence-electron chi connectivity index (χ4n) is 15.6. The average molecular weight is 1040 g/mol. The molecule has 13 heterocycles. The lowest BCUT2D eigenvalue weighted by atomic mass is 9.75. The fourth-order valence-corrected chi connectivity index (χ4v) is 15.6. The normalized spacial score (nSPS) is 58.9. The maximum atomic E-state index is 12.4. The SMILES string of the molecule is CC1C2OC3CC4OC5CC6O[C@H]7C/C=C\C[C@H]8O[C@H]9C=C[C@H]%10O[C@H]%11[C@H](O)[C@H]%12OCC=CC[C@@H]%12O[C@@H]%11C[C@@H]%10O[C@@H]9C/C=C\[C@@H]8O[C@@H]7C[C@@H](O)[C@]6(C)O[C@@H]5C[C@H](C)C[C@@H]4O[C@@H]3[C@@H](C)[C@H](O)[C@@H]2O[C@]2(C[C@H](O)CO2)C1C. The summed E-state index contributed by atoms with van der Waals surface area (Å²) in [4.78, 5) is 0. The molecule has 17 nitrogen and oxygen atoms in total. The second-order valence-corrected chi connectivity index (χ2v) is 24.8. The molecule has 1 spiro atoms. The molecule has 0 aromatic carbocycles. The van der Waals surface area contributed by atoms with Crippen LogP contribution in [0.25, 0.3) is 0 Å². The summed E-state index contributed by atoms with van der Waals surface area (Å²) in [5.74, 6) is -1.13. The molecule has 0 amide bonds. The van der Waals surface area contributed by atoms with Crippen molar-refractivity contribution in [2.45, 2.75) is 269 Å². The van der Waals surface area contributed by atoms with Crippen molar-refractivity contribution in [3.05, 3.63) is 48.6 Å². The largest absolute Gasteiger partial charge is 0.391 e. The molecule has 0 aromatic heterocycles. The smallest absolute Gasteiger partial charge is 0.174 e. The Bertz CT molecular complexity index is 2120. The molecular formula is C57H82O17. The summed E-state index contributed by atoms with van der Waals surface area (Å²) in [6.45, 7) is 11.2. The molecule has 7 unspecified atom stereocenters. The molecule has 13 aliphatic heterocycles. The maximum Gasteiger partial charge on any atom is 0.174 e. The Kier molecular flexibility index (Phi) is 14.3. The number of rotatable bonds is 0. The zero-order valence-electron chi connectivity index (χ0n) is 43.7. The second-order valence-electron chi connectivity index (χ2n) is 24.8. The minimum Gasteiger partial charge on any atom is -0.391 e. The highest BCUT2D eigenvalue weighted by atomic mass is 16.7. The van der Waals surface area contributed by atoms with E-state index in [2.05, 4.69) is 57.2 Å². The Balaban J connectivity index is 0.693. The molecular weight excluding hydrogens is 957 g/mol. The molecule has 0 radical (unpaired) electrons. The van der Waals surface area contributed by atoms with Crippen LogP contribution < -0.4 is 0 Å². The van der Waals surface area contributed by atoms with Gasteiger partial charge in [0.15, 0.2) is 5.79 Å². The van der Waals surface area contributed by atoms with E-state index in [4.69, 9.17) is 61.6 Å². The minimum atomic E-state index is -1.02. The van der Waals surface area contributed by atoms with Gasteiger partial charge >= 0.3 is 0 Å². The first-order valence-electron chi connectivity index (χ1n) is 28.6. The van der Waals surface area contributed by atoms with Crippen LogP contribution in [0.1, 0.15) is 105 Å². The monoisotopic (exact) mass is 1040 g/mol. The van der Waals surface area contributed by atoms with Crippen LogP contribution in [-0.4, -0.2) is 198 Å². The first-order valence-corrected chi connectivity index (χ1v) is 28.6. The van der Waals surface area contributed by atoms with Crippen molar-refractivity contribution in [1.82, 2.24) is 0 Å². The van der Waals surface area contributed by atoms with E-state index in [0.29, 0.717) is 64.4 Å². The number of fused-ring (bicyclic) bond motifs is 11. The van der Waals surface area contributed by atoms with Gasteiger partial charge in [0.2, 0.25) is 0 Å². The molecule has 13 aliphatic rings. The third-order valence-electron chi connectivity index (χ3n) is 20.1. The van der Waals surface area contributed by atoms with E-state index in [1.807, 2.05) is 26.0 Å². The predicted octanol–water partition coefficient (Wildman–Crippen LogP) is 4.08. The maximum absolute atomic E-state index is 12.4. The van der Waals surface area contributed by atoms with Gasteiger partial charge in [-0.05, 0) is 57.3 Å². The van der Waals surface area contributed by atoms with Gasteiger partial charge in [-0.2, -0.15) is 0 Å². The molecule has 0 aromatic rings. The molecule has 9 saturated heterocycles. The quantitative estimate of drug-likeness (QED) is 0.253. The first-order chi connectivity index (χ1) is 35.7. The van der Waals surface area contributed by atoms with E-state index in [0.717, 1.165) is 12.8 Å². The average Bonchev–Trinajstić information content (AvgIpc) is 3.45. The number of ether oxygens (including phenoxy) is 13. The molecule has 0 aliphatic carbocycles. The van der Waals surface area contributed by atoms with Crippen molar-refractivity contribution in [3.8, 4) is 0 Å². The first kappa shape index (κ1) is 51.7. The molecule has 74 heavy (non-hydrogen) atoms. The van der Waals surface area contributed by atoms with Crippen LogP contribution in [0.4, 0.5) is 0 Å². The Morgan fingerprint density at radius 1 is 0.446 bits per heavy atom. The molecule has 13 rings (SSSR count). The standard InChI is InChI=1S/C57H82O17/c1-27-19-39-41(22-45-51(71-39)29(3)49(60)55-52(72-45)28(2)30(4)57(74-55)25-31(58)26-63-57)68-43-24-48-56(5,73-44(43)20-27)47(59)23-42-35(69-48)12-7-6-11-32-33(66-42)14-10-15-34-36(64-32)16-17-37-40(65-34)21-46-54(70-37)50(61)53-38(67-46)13-8-9-18-62-53/h6-10,14,16-17,27-55,58-61H,11-13,15,18-26H2,1-5H3/b7-6-,14-10-/t27-,28?,29+,30?,31+,32-,33+,34-,35+,36+,37-,38+,39+,40+,41?,42-,43?,44-,45?,46-,47-,48?,49+,50-,51-,52?,53+,54-,55+,56+,57-/m1/s1. The van der Waals surface area contributed by atoms with Crippen molar-refractivity contribution in [3.63, 3.8) is 0 Å². The van der Waals surface area contributed by atoms with Gasteiger partial charge in [0.25, 0.3) is 0 Å². The van der Waals surface area contributed by atoms with E-state index in [-0.39, 0.29) is 116 Å². The van der Waals surface area contributed by atoms with Crippen molar-refractivity contribution in [1.29, 1.82) is 0 Å². The highest BCUT2D eigenvalue weighted by Crippen LogP contribution is 2.52. The van der Waals surface area contributed by atoms with Crippen molar-refractivity contribution in [2.75, 3.05) is 13.2 Å². The van der Waals surface area contributed by atoms with Crippen LogP contribution in [0.15, 0.2) is 48.6 Å². The Hall–Kier alpha value is -1.72. The lowest BCUT2D eigenvalue weighted by molar-refractivity contribution is -0.339. The highest BCUT2D eigenvalue weighted by Gasteiger charge is 2.63. The summed E-state index contributed by atoms with van der Waals surface area (Å²) in [6, 6.07) is 0. The van der Waals surface area contributed by atoms with Gasteiger partial charge in [-0.25, -0.2) is 0 Å².